The highest BCUT2D eigenvalue weighted by atomic mass is 16.6. The van der Waals surface area contributed by atoms with E-state index in [4.69, 9.17) is 0 Å². The Bertz CT molecular complexity index is 1180. The van der Waals surface area contributed by atoms with Crippen LogP contribution in [0.4, 0.5) is 11.4 Å². The summed E-state index contributed by atoms with van der Waals surface area (Å²) in [5.74, 6) is -0.465. The summed E-state index contributed by atoms with van der Waals surface area (Å²) in [4.78, 5) is 31.8. The highest BCUT2D eigenvalue weighted by molar-refractivity contribution is 6.04. The van der Waals surface area contributed by atoms with E-state index in [2.05, 4.69) is 15.3 Å². The second-order valence-corrected chi connectivity index (χ2v) is 6.04. The fourth-order valence-corrected chi connectivity index (χ4v) is 2.85. The summed E-state index contributed by atoms with van der Waals surface area (Å²) in [6.45, 7) is 0. The molecule has 0 bridgehead atoms. The van der Waals surface area contributed by atoms with E-state index in [1.807, 2.05) is 54.6 Å². The lowest BCUT2D eigenvalue weighted by Crippen LogP contribution is -2.16. The van der Waals surface area contributed by atoms with Gasteiger partial charge in [-0.3, -0.25) is 14.9 Å². The number of nitrogens with one attached hydrogen (secondary N) is 1. The number of rotatable bonds is 4. The molecule has 1 N–H and O–H groups in total. The van der Waals surface area contributed by atoms with Crippen LogP contribution >= 0.6 is 0 Å². The summed E-state index contributed by atoms with van der Waals surface area (Å²) in [6.07, 6.45) is 0. The number of anilines is 1. The van der Waals surface area contributed by atoms with Gasteiger partial charge < -0.3 is 5.32 Å². The van der Waals surface area contributed by atoms with Gasteiger partial charge in [-0.1, -0.05) is 48.5 Å². The molecule has 0 atom stereocenters. The Morgan fingerprint density at radius 2 is 1.54 bits per heavy atom. The van der Waals surface area contributed by atoms with Crippen LogP contribution in [0.1, 0.15) is 10.6 Å². The lowest BCUT2D eigenvalue weighted by Gasteiger charge is -2.09. The minimum atomic E-state index is -0.496. The second-order valence-electron chi connectivity index (χ2n) is 6.04. The topological polar surface area (TPSA) is 98.0 Å². The predicted molar refractivity (Wildman–Crippen MR) is 106 cm³/mol. The maximum atomic E-state index is 12.7. The molecule has 7 nitrogen and oxygen atoms in total. The van der Waals surface area contributed by atoms with Crippen molar-refractivity contribution in [2.24, 2.45) is 0 Å². The molecular formula is C21H14N4O3. The zero-order valence-electron chi connectivity index (χ0n) is 14.6. The molecule has 0 fully saturated rings. The lowest BCUT2D eigenvalue weighted by molar-refractivity contribution is -0.384. The van der Waals surface area contributed by atoms with Crippen molar-refractivity contribution in [3.8, 4) is 11.3 Å². The van der Waals surface area contributed by atoms with Crippen molar-refractivity contribution in [1.82, 2.24) is 9.97 Å². The molecule has 1 aromatic heterocycles. The van der Waals surface area contributed by atoms with Crippen LogP contribution in [0.5, 0.6) is 0 Å². The number of non-ortho nitro benzene ring substituents is 1. The maximum Gasteiger partial charge on any atom is 0.293 e. The van der Waals surface area contributed by atoms with Crippen LogP contribution in [0.2, 0.25) is 0 Å². The molecule has 0 spiro atoms. The van der Waals surface area contributed by atoms with Crippen molar-refractivity contribution < 1.29 is 9.72 Å². The molecule has 4 rings (SSSR count). The number of aromatic nitrogens is 2. The van der Waals surface area contributed by atoms with Crippen molar-refractivity contribution in [2.75, 3.05) is 5.32 Å². The molecule has 0 saturated carbocycles. The van der Waals surface area contributed by atoms with Crippen LogP contribution in [0.25, 0.3) is 22.2 Å². The third-order valence-corrected chi connectivity index (χ3v) is 4.19. The van der Waals surface area contributed by atoms with Crippen molar-refractivity contribution in [3.05, 3.63) is 94.8 Å². The smallest absolute Gasteiger partial charge is 0.293 e. The van der Waals surface area contributed by atoms with Crippen LogP contribution in [-0.4, -0.2) is 20.8 Å². The monoisotopic (exact) mass is 370 g/mol. The first-order valence-electron chi connectivity index (χ1n) is 8.50. The zero-order chi connectivity index (χ0) is 19.5. The summed E-state index contributed by atoms with van der Waals surface area (Å²) in [5, 5.41) is 14.3. The summed E-state index contributed by atoms with van der Waals surface area (Å²) >= 11 is 0. The summed E-state index contributed by atoms with van der Waals surface area (Å²) < 4.78 is 0. The SMILES string of the molecule is O=C(Nc1ccc([N+](=O)[O-])cc1)c1nc(-c2ccccc2)c2ccccc2n1. The lowest BCUT2D eigenvalue weighted by atomic mass is 10.1. The van der Waals surface area contributed by atoms with Crippen molar-refractivity contribution in [3.63, 3.8) is 0 Å². The number of benzene rings is 3. The van der Waals surface area contributed by atoms with Crippen molar-refractivity contribution in [1.29, 1.82) is 0 Å². The van der Waals surface area contributed by atoms with Gasteiger partial charge >= 0.3 is 0 Å². The number of hydrogen-bond donors (Lipinski definition) is 1. The molecule has 0 radical (unpaired) electrons. The van der Waals surface area contributed by atoms with E-state index in [9.17, 15) is 14.9 Å². The van der Waals surface area contributed by atoms with Gasteiger partial charge in [0.1, 0.15) is 0 Å². The number of para-hydroxylation sites is 1. The third kappa shape index (κ3) is 3.41. The van der Waals surface area contributed by atoms with E-state index in [0.717, 1.165) is 10.9 Å². The van der Waals surface area contributed by atoms with Crippen LogP contribution in [0.3, 0.4) is 0 Å². The highest BCUT2D eigenvalue weighted by Gasteiger charge is 2.15. The molecule has 0 aliphatic heterocycles. The average Bonchev–Trinajstić information content (AvgIpc) is 2.74. The van der Waals surface area contributed by atoms with Gasteiger partial charge in [-0.2, -0.15) is 0 Å². The molecule has 0 aliphatic carbocycles. The normalized spacial score (nSPS) is 10.6. The fourth-order valence-electron chi connectivity index (χ4n) is 2.85. The molecular weight excluding hydrogens is 356 g/mol. The summed E-state index contributed by atoms with van der Waals surface area (Å²) in [7, 11) is 0. The van der Waals surface area contributed by atoms with Crippen LogP contribution in [0.15, 0.2) is 78.9 Å². The van der Waals surface area contributed by atoms with Gasteiger partial charge in [0.15, 0.2) is 0 Å². The van der Waals surface area contributed by atoms with E-state index in [0.29, 0.717) is 16.9 Å². The average molecular weight is 370 g/mol. The number of nitrogens with zero attached hydrogens (tertiary/aromatic N) is 3. The molecule has 0 saturated heterocycles. The zero-order valence-corrected chi connectivity index (χ0v) is 14.6. The van der Waals surface area contributed by atoms with Gasteiger partial charge in [0, 0.05) is 28.8 Å². The number of hydrogen-bond acceptors (Lipinski definition) is 5. The van der Waals surface area contributed by atoms with Gasteiger partial charge in [-0.25, -0.2) is 9.97 Å². The molecule has 1 amide bonds. The molecule has 4 aromatic rings. The first kappa shape index (κ1) is 17.3. The first-order chi connectivity index (χ1) is 13.6. The molecule has 0 unspecified atom stereocenters. The number of nitro groups is 1. The van der Waals surface area contributed by atoms with E-state index in [-0.39, 0.29) is 11.5 Å². The van der Waals surface area contributed by atoms with Crippen molar-refractivity contribution in [2.45, 2.75) is 0 Å². The maximum absolute atomic E-state index is 12.7. The predicted octanol–water partition coefficient (Wildman–Crippen LogP) is 4.46. The van der Waals surface area contributed by atoms with E-state index in [1.165, 1.54) is 24.3 Å². The van der Waals surface area contributed by atoms with E-state index < -0.39 is 10.8 Å². The Morgan fingerprint density at radius 3 is 2.25 bits per heavy atom. The van der Waals surface area contributed by atoms with Gasteiger partial charge in [-0.15, -0.1) is 0 Å². The molecule has 0 aliphatic rings. The largest absolute Gasteiger partial charge is 0.319 e. The van der Waals surface area contributed by atoms with Crippen LogP contribution in [-0.2, 0) is 0 Å². The summed E-state index contributed by atoms with van der Waals surface area (Å²) in [5.41, 5.74) is 2.58. The Morgan fingerprint density at radius 1 is 0.857 bits per heavy atom. The summed E-state index contributed by atoms with van der Waals surface area (Å²) in [6, 6.07) is 22.6. The highest BCUT2D eigenvalue weighted by Crippen LogP contribution is 2.26. The number of nitro benzene ring substituents is 1. The Hall–Kier alpha value is -4.13. The third-order valence-electron chi connectivity index (χ3n) is 4.19. The Labute approximate surface area is 159 Å². The van der Waals surface area contributed by atoms with E-state index in [1.54, 1.807) is 0 Å². The van der Waals surface area contributed by atoms with Gasteiger partial charge in [0.25, 0.3) is 11.6 Å². The van der Waals surface area contributed by atoms with Crippen LogP contribution < -0.4 is 5.32 Å². The van der Waals surface area contributed by atoms with Gasteiger partial charge in [0.05, 0.1) is 16.1 Å². The minimum Gasteiger partial charge on any atom is -0.319 e. The first-order valence-corrected chi connectivity index (χ1v) is 8.50. The molecule has 136 valence electrons. The standard InChI is InChI=1S/C21H14N4O3/c26-21(22-15-10-12-16(13-11-15)25(27)28)20-23-18-9-5-4-8-17(18)19(24-20)14-6-2-1-3-7-14/h1-13H,(H,22,26). The minimum absolute atomic E-state index is 0.0240. The van der Waals surface area contributed by atoms with E-state index >= 15 is 0 Å². The fraction of sp³-hybridized carbons (Fsp3) is 0. The second kappa shape index (κ2) is 7.24. The molecule has 3 aromatic carbocycles. The van der Waals surface area contributed by atoms with Crippen molar-refractivity contribution >= 4 is 28.2 Å². The molecule has 28 heavy (non-hydrogen) atoms. The van der Waals surface area contributed by atoms with Gasteiger partial charge in [-0.05, 0) is 18.2 Å². The van der Waals surface area contributed by atoms with Crippen LogP contribution in [0, 0.1) is 10.1 Å². The van der Waals surface area contributed by atoms with Gasteiger partial charge in [0.2, 0.25) is 5.82 Å². The number of carbonyl (C=O) groups is 1. The molecule has 1 heterocycles. The quantitative estimate of drug-likeness (QED) is 0.422. The molecule has 7 heteroatoms. The number of fused-ring (bicyclic) bond motifs is 1. The Balaban J connectivity index is 1.72. The number of amides is 1. The number of carbonyl (C=O) groups excluding carboxylic acids is 1. The Kier molecular flexibility index (Phi) is 4.47.